The number of carbonyl (C=O) groups is 1. The van der Waals surface area contributed by atoms with Crippen molar-refractivity contribution in [2.45, 2.75) is 52.7 Å². The molecule has 0 aliphatic rings. The van der Waals surface area contributed by atoms with Crippen molar-refractivity contribution in [2.24, 2.45) is 5.92 Å². The molecule has 0 aliphatic carbocycles. The summed E-state index contributed by atoms with van der Waals surface area (Å²) >= 11 is 5.99. The average Bonchev–Trinajstić information content (AvgIpc) is 2.38. The van der Waals surface area contributed by atoms with Crippen molar-refractivity contribution in [1.82, 2.24) is 5.32 Å². The van der Waals surface area contributed by atoms with Crippen molar-refractivity contribution in [3.63, 3.8) is 0 Å². The Balaban J connectivity index is 2.46. The molecule has 5 heteroatoms. The molecule has 0 spiro atoms. The molecule has 0 aromatic heterocycles. The molecular formula is C17H26ClNO3. The molecule has 0 saturated heterocycles. The highest BCUT2D eigenvalue weighted by atomic mass is 35.5. The van der Waals surface area contributed by atoms with Crippen LogP contribution in [0.4, 0.5) is 4.79 Å². The van der Waals surface area contributed by atoms with Gasteiger partial charge in [0, 0.05) is 11.6 Å². The normalized spacial score (nSPS) is 14.3. The number of halogens is 1. The molecule has 0 saturated carbocycles. The van der Waals surface area contributed by atoms with Gasteiger partial charge in [0.05, 0.1) is 6.10 Å². The third kappa shape index (κ3) is 6.67. The van der Waals surface area contributed by atoms with Crippen LogP contribution in [-0.2, 0) is 11.2 Å². The molecule has 1 aromatic rings. The topological polar surface area (TPSA) is 58.6 Å². The lowest BCUT2D eigenvalue weighted by Gasteiger charge is -2.22. The van der Waals surface area contributed by atoms with Crippen molar-refractivity contribution >= 4 is 17.7 Å². The zero-order valence-corrected chi connectivity index (χ0v) is 14.7. The fourth-order valence-corrected chi connectivity index (χ4v) is 2.09. The number of aliphatic hydroxyl groups is 1. The van der Waals surface area contributed by atoms with Crippen LogP contribution in [0.1, 0.15) is 38.8 Å². The van der Waals surface area contributed by atoms with Gasteiger partial charge in [-0.15, -0.1) is 0 Å². The lowest BCUT2D eigenvalue weighted by atomic mass is 9.97. The molecule has 0 bridgehead atoms. The van der Waals surface area contributed by atoms with E-state index >= 15 is 0 Å². The Morgan fingerprint density at radius 2 is 2.05 bits per heavy atom. The Morgan fingerprint density at radius 3 is 2.59 bits per heavy atom. The molecule has 0 heterocycles. The second kappa shape index (κ2) is 7.84. The molecular weight excluding hydrogens is 302 g/mol. The molecule has 1 amide bonds. The molecule has 2 atom stereocenters. The highest BCUT2D eigenvalue weighted by molar-refractivity contribution is 6.31. The Labute approximate surface area is 137 Å². The lowest BCUT2D eigenvalue weighted by molar-refractivity contribution is 0.0493. The number of ether oxygens (including phenoxy) is 1. The number of aliphatic hydroxyl groups excluding tert-OH is 1. The lowest BCUT2D eigenvalue weighted by Crippen LogP contribution is -2.37. The fraction of sp³-hybridized carbons (Fsp3) is 0.588. The summed E-state index contributed by atoms with van der Waals surface area (Å²) in [5, 5.41) is 13.7. The van der Waals surface area contributed by atoms with Gasteiger partial charge in [-0.25, -0.2) is 4.79 Å². The first-order chi connectivity index (χ1) is 10.1. The van der Waals surface area contributed by atoms with Crippen LogP contribution in [0.5, 0.6) is 0 Å². The SMILES string of the molecule is Cc1cc(CC(O)C(C)CNC(=O)OC(C)(C)C)ccc1Cl. The number of hydrogen-bond donors (Lipinski definition) is 2. The number of carbonyl (C=O) groups excluding carboxylic acids is 1. The van der Waals surface area contributed by atoms with Gasteiger partial charge in [0.15, 0.2) is 0 Å². The van der Waals surface area contributed by atoms with Crippen LogP contribution in [0.3, 0.4) is 0 Å². The minimum Gasteiger partial charge on any atom is -0.444 e. The maximum atomic E-state index is 11.6. The molecule has 2 unspecified atom stereocenters. The van der Waals surface area contributed by atoms with Crippen LogP contribution < -0.4 is 5.32 Å². The first-order valence-corrected chi connectivity index (χ1v) is 7.86. The van der Waals surface area contributed by atoms with E-state index in [0.717, 1.165) is 16.1 Å². The van der Waals surface area contributed by atoms with E-state index in [1.54, 1.807) is 0 Å². The van der Waals surface area contributed by atoms with E-state index < -0.39 is 17.8 Å². The summed E-state index contributed by atoms with van der Waals surface area (Å²) < 4.78 is 5.17. The number of hydrogen-bond acceptors (Lipinski definition) is 3. The minimum absolute atomic E-state index is 0.0801. The van der Waals surface area contributed by atoms with Gasteiger partial charge in [0.1, 0.15) is 5.60 Å². The van der Waals surface area contributed by atoms with Crippen molar-refractivity contribution in [3.05, 3.63) is 34.3 Å². The maximum absolute atomic E-state index is 11.6. The quantitative estimate of drug-likeness (QED) is 0.866. The van der Waals surface area contributed by atoms with Crippen LogP contribution in [0.25, 0.3) is 0 Å². The highest BCUT2D eigenvalue weighted by Crippen LogP contribution is 2.18. The van der Waals surface area contributed by atoms with E-state index in [9.17, 15) is 9.90 Å². The minimum atomic E-state index is -0.546. The molecule has 0 radical (unpaired) electrons. The Morgan fingerprint density at radius 1 is 1.41 bits per heavy atom. The van der Waals surface area contributed by atoms with E-state index in [1.807, 2.05) is 52.8 Å². The number of alkyl carbamates (subject to hydrolysis) is 1. The zero-order chi connectivity index (χ0) is 16.9. The van der Waals surface area contributed by atoms with E-state index in [4.69, 9.17) is 16.3 Å². The summed E-state index contributed by atoms with van der Waals surface area (Å²) in [6.45, 7) is 9.63. The predicted octanol–water partition coefficient (Wildman–Crippen LogP) is 3.71. The second-order valence-electron chi connectivity index (χ2n) is 6.72. The van der Waals surface area contributed by atoms with Crippen LogP contribution in [0.2, 0.25) is 5.02 Å². The summed E-state index contributed by atoms with van der Waals surface area (Å²) in [7, 11) is 0. The fourth-order valence-electron chi connectivity index (χ4n) is 1.97. The van der Waals surface area contributed by atoms with E-state index in [-0.39, 0.29) is 5.92 Å². The van der Waals surface area contributed by atoms with Crippen molar-refractivity contribution in [1.29, 1.82) is 0 Å². The molecule has 4 nitrogen and oxygen atoms in total. The maximum Gasteiger partial charge on any atom is 0.407 e. The monoisotopic (exact) mass is 327 g/mol. The van der Waals surface area contributed by atoms with Gasteiger partial charge >= 0.3 is 6.09 Å². The summed E-state index contributed by atoms with van der Waals surface area (Å²) in [4.78, 5) is 11.6. The largest absolute Gasteiger partial charge is 0.444 e. The molecule has 0 aliphatic heterocycles. The van der Waals surface area contributed by atoms with E-state index in [2.05, 4.69) is 5.32 Å². The van der Waals surface area contributed by atoms with Gasteiger partial charge in [-0.2, -0.15) is 0 Å². The number of benzene rings is 1. The van der Waals surface area contributed by atoms with Crippen LogP contribution in [0, 0.1) is 12.8 Å². The molecule has 2 N–H and O–H groups in total. The summed E-state index contributed by atoms with van der Waals surface area (Å²) in [5.41, 5.74) is 1.50. The van der Waals surface area contributed by atoms with Gasteiger partial charge in [-0.05, 0) is 57.2 Å². The number of aryl methyl sites for hydroxylation is 1. The first-order valence-electron chi connectivity index (χ1n) is 7.48. The number of rotatable bonds is 5. The van der Waals surface area contributed by atoms with Crippen LogP contribution in [-0.4, -0.2) is 29.4 Å². The Bertz CT molecular complexity index is 511. The van der Waals surface area contributed by atoms with Gasteiger partial charge < -0.3 is 15.2 Å². The molecule has 22 heavy (non-hydrogen) atoms. The van der Waals surface area contributed by atoms with Crippen molar-refractivity contribution < 1.29 is 14.6 Å². The third-order valence-electron chi connectivity index (χ3n) is 3.29. The first kappa shape index (κ1) is 18.8. The summed E-state index contributed by atoms with van der Waals surface area (Å²) in [5.74, 6) is -0.0801. The highest BCUT2D eigenvalue weighted by Gasteiger charge is 2.19. The third-order valence-corrected chi connectivity index (χ3v) is 3.72. The Hall–Kier alpha value is -1.26. The van der Waals surface area contributed by atoms with Gasteiger partial charge in [0.2, 0.25) is 0 Å². The van der Waals surface area contributed by atoms with Crippen LogP contribution in [0.15, 0.2) is 18.2 Å². The molecule has 124 valence electrons. The standard InChI is InChI=1S/C17H26ClNO3/c1-11-8-13(6-7-14(11)18)9-15(20)12(2)10-19-16(21)22-17(3,4)5/h6-8,12,15,20H,9-10H2,1-5H3,(H,19,21). The van der Waals surface area contributed by atoms with E-state index in [0.29, 0.717) is 13.0 Å². The molecule has 1 aromatic carbocycles. The molecule has 1 rings (SSSR count). The second-order valence-corrected chi connectivity index (χ2v) is 7.12. The van der Waals surface area contributed by atoms with Crippen molar-refractivity contribution in [3.8, 4) is 0 Å². The summed E-state index contributed by atoms with van der Waals surface area (Å²) in [6, 6.07) is 5.72. The van der Waals surface area contributed by atoms with Gasteiger partial charge in [-0.3, -0.25) is 0 Å². The number of nitrogens with one attached hydrogen (secondary N) is 1. The van der Waals surface area contributed by atoms with E-state index in [1.165, 1.54) is 0 Å². The zero-order valence-electron chi connectivity index (χ0n) is 13.9. The van der Waals surface area contributed by atoms with Crippen LogP contribution >= 0.6 is 11.6 Å². The number of amides is 1. The van der Waals surface area contributed by atoms with Gasteiger partial charge in [0.25, 0.3) is 0 Å². The smallest absolute Gasteiger partial charge is 0.407 e. The Kier molecular flexibility index (Phi) is 6.69. The molecule has 0 fully saturated rings. The van der Waals surface area contributed by atoms with Crippen molar-refractivity contribution in [2.75, 3.05) is 6.54 Å². The van der Waals surface area contributed by atoms with Gasteiger partial charge in [-0.1, -0.05) is 30.7 Å². The average molecular weight is 328 g/mol. The predicted molar refractivity (Wildman–Crippen MR) is 89.3 cm³/mol. The summed E-state index contributed by atoms with van der Waals surface area (Å²) in [6.07, 6.45) is -0.487.